The summed E-state index contributed by atoms with van der Waals surface area (Å²) in [5, 5.41) is 2.82. The Kier molecular flexibility index (Phi) is 5.19. The predicted molar refractivity (Wildman–Crippen MR) is 81.5 cm³/mol. The molecule has 0 radical (unpaired) electrons. The van der Waals surface area contributed by atoms with Crippen molar-refractivity contribution in [2.24, 2.45) is 0 Å². The number of hydrogen-bond acceptors (Lipinski definition) is 5. The van der Waals surface area contributed by atoms with E-state index in [1.165, 1.54) is 14.2 Å². The number of carbonyl (C=O) groups is 1. The number of benzene rings is 1. The van der Waals surface area contributed by atoms with Crippen LogP contribution in [0.25, 0.3) is 0 Å². The van der Waals surface area contributed by atoms with E-state index < -0.39 is 0 Å². The standard InChI is InChI=1S/C16H18N2O4/c1-20-13-6-4-5-12(15(13)22-3)16(19)18-10-11-7-8-14(21-2)17-9-11/h4-9H,10H2,1-3H3,(H,18,19). The number of nitrogens with zero attached hydrogens (tertiary/aromatic N) is 1. The van der Waals surface area contributed by atoms with E-state index in [1.807, 2.05) is 6.07 Å². The fraction of sp³-hybridized carbons (Fsp3) is 0.250. The molecule has 0 saturated heterocycles. The maximum Gasteiger partial charge on any atom is 0.255 e. The first kappa shape index (κ1) is 15.6. The third-order valence-electron chi connectivity index (χ3n) is 3.11. The Morgan fingerprint density at radius 1 is 1.09 bits per heavy atom. The highest BCUT2D eigenvalue weighted by Crippen LogP contribution is 2.30. The second kappa shape index (κ2) is 7.31. The van der Waals surface area contributed by atoms with Gasteiger partial charge in [0.25, 0.3) is 5.91 Å². The maximum atomic E-state index is 12.3. The third-order valence-corrected chi connectivity index (χ3v) is 3.11. The molecule has 22 heavy (non-hydrogen) atoms. The lowest BCUT2D eigenvalue weighted by atomic mass is 10.1. The van der Waals surface area contributed by atoms with Crippen LogP contribution in [0.1, 0.15) is 15.9 Å². The van der Waals surface area contributed by atoms with E-state index in [4.69, 9.17) is 14.2 Å². The van der Waals surface area contributed by atoms with Crippen molar-refractivity contribution >= 4 is 5.91 Å². The van der Waals surface area contributed by atoms with Gasteiger partial charge in [-0.25, -0.2) is 4.98 Å². The molecule has 1 heterocycles. The molecule has 1 aromatic heterocycles. The molecule has 1 N–H and O–H groups in total. The maximum absolute atomic E-state index is 12.3. The Labute approximate surface area is 129 Å². The summed E-state index contributed by atoms with van der Waals surface area (Å²) >= 11 is 0. The number of ether oxygens (including phenoxy) is 3. The Morgan fingerprint density at radius 2 is 1.91 bits per heavy atom. The molecule has 0 spiro atoms. The van der Waals surface area contributed by atoms with Crippen LogP contribution in [0.3, 0.4) is 0 Å². The first-order valence-corrected chi connectivity index (χ1v) is 6.67. The summed E-state index contributed by atoms with van der Waals surface area (Å²) in [4.78, 5) is 16.4. The topological polar surface area (TPSA) is 69.7 Å². The van der Waals surface area contributed by atoms with Gasteiger partial charge in [0.05, 0.1) is 26.9 Å². The van der Waals surface area contributed by atoms with Gasteiger partial charge in [0.2, 0.25) is 5.88 Å². The van der Waals surface area contributed by atoms with Gasteiger partial charge in [-0.05, 0) is 17.7 Å². The van der Waals surface area contributed by atoms with Crippen LogP contribution in [0.2, 0.25) is 0 Å². The number of nitrogens with one attached hydrogen (secondary N) is 1. The second-order valence-corrected chi connectivity index (χ2v) is 4.43. The van der Waals surface area contributed by atoms with E-state index in [0.717, 1.165) is 5.56 Å². The van der Waals surface area contributed by atoms with Crippen LogP contribution in [0, 0.1) is 0 Å². The normalized spacial score (nSPS) is 9.95. The van der Waals surface area contributed by atoms with Crippen molar-refractivity contribution in [2.45, 2.75) is 6.54 Å². The summed E-state index contributed by atoms with van der Waals surface area (Å²) in [7, 11) is 4.59. The number of rotatable bonds is 6. The fourth-order valence-corrected chi connectivity index (χ4v) is 1.98. The van der Waals surface area contributed by atoms with E-state index in [0.29, 0.717) is 29.5 Å². The minimum Gasteiger partial charge on any atom is -0.493 e. The zero-order valence-corrected chi connectivity index (χ0v) is 12.8. The van der Waals surface area contributed by atoms with E-state index in [-0.39, 0.29) is 5.91 Å². The molecular weight excluding hydrogens is 284 g/mol. The molecule has 1 amide bonds. The van der Waals surface area contributed by atoms with Crippen molar-refractivity contribution in [3.63, 3.8) is 0 Å². The minimum atomic E-state index is -0.244. The van der Waals surface area contributed by atoms with Crippen molar-refractivity contribution in [2.75, 3.05) is 21.3 Å². The monoisotopic (exact) mass is 302 g/mol. The molecule has 0 fully saturated rings. The number of hydrogen-bond donors (Lipinski definition) is 1. The fourth-order valence-electron chi connectivity index (χ4n) is 1.98. The van der Waals surface area contributed by atoms with E-state index in [1.54, 1.807) is 37.6 Å². The van der Waals surface area contributed by atoms with E-state index >= 15 is 0 Å². The van der Waals surface area contributed by atoms with Gasteiger partial charge >= 0.3 is 0 Å². The molecule has 2 aromatic rings. The molecule has 2 rings (SSSR count). The summed E-state index contributed by atoms with van der Waals surface area (Å²) < 4.78 is 15.4. The number of amides is 1. The van der Waals surface area contributed by atoms with Crippen LogP contribution in [0.5, 0.6) is 17.4 Å². The molecule has 116 valence electrons. The summed E-state index contributed by atoms with van der Waals surface area (Å²) in [5.41, 5.74) is 1.29. The first-order chi connectivity index (χ1) is 10.7. The van der Waals surface area contributed by atoms with Crippen molar-refractivity contribution in [3.05, 3.63) is 47.7 Å². The summed E-state index contributed by atoms with van der Waals surface area (Å²) in [6, 6.07) is 8.75. The smallest absolute Gasteiger partial charge is 0.255 e. The summed E-state index contributed by atoms with van der Waals surface area (Å²) in [6.07, 6.45) is 1.65. The van der Waals surface area contributed by atoms with Gasteiger partial charge in [-0.15, -0.1) is 0 Å². The summed E-state index contributed by atoms with van der Waals surface area (Å²) in [5.74, 6) is 1.22. The third kappa shape index (κ3) is 3.46. The lowest BCUT2D eigenvalue weighted by molar-refractivity contribution is 0.0947. The Bertz CT molecular complexity index is 641. The summed E-state index contributed by atoms with van der Waals surface area (Å²) in [6.45, 7) is 0.357. The first-order valence-electron chi connectivity index (χ1n) is 6.67. The van der Waals surface area contributed by atoms with Gasteiger partial charge in [-0.1, -0.05) is 12.1 Å². The largest absolute Gasteiger partial charge is 0.493 e. The van der Waals surface area contributed by atoms with Gasteiger partial charge in [0.1, 0.15) is 0 Å². The molecule has 0 atom stereocenters. The van der Waals surface area contributed by atoms with Gasteiger partial charge < -0.3 is 19.5 Å². The molecule has 6 heteroatoms. The molecule has 0 aliphatic heterocycles. The SMILES string of the molecule is COc1ccc(CNC(=O)c2cccc(OC)c2OC)cn1. The van der Waals surface area contributed by atoms with Crippen LogP contribution in [-0.4, -0.2) is 32.2 Å². The van der Waals surface area contributed by atoms with Crippen LogP contribution in [0.15, 0.2) is 36.5 Å². The average Bonchev–Trinajstić information content (AvgIpc) is 2.59. The van der Waals surface area contributed by atoms with Crippen LogP contribution >= 0.6 is 0 Å². The highest BCUT2D eigenvalue weighted by molar-refractivity contribution is 5.97. The van der Waals surface area contributed by atoms with Gasteiger partial charge in [-0.3, -0.25) is 4.79 Å². The number of aromatic nitrogens is 1. The van der Waals surface area contributed by atoms with Gasteiger partial charge in [-0.2, -0.15) is 0 Å². The lowest BCUT2D eigenvalue weighted by Gasteiger charge is -2.12. The van der Waals surface area contributed by atoms with Crippen molar-refractivity contribution in [1.29, 1.82) is 0 Å². The molecule has 0 saturated carbocycles. The van der Waals surface area contributed by atoms with Crippen molar-refractivity contribution in [1.82, 2.24) is 10.3 Å². The highest BCUT2D eigenvalue weighted by atomic mass is 16.5. The van der Waals surface area contributed by atoms with Gasteiger partial charge in [0.15, 0.2) is 11.5 Å². The predicted octanol–water partition coefficient (Wildman–Crippen LogP) is 2.04. The molecule has 1 aromatic carbocycles. The Morgan fingerprint density at radius 3 is 2.50 bits per heavy atom. The van der Waals surface area contributed by atoms with E-state index in [9.17, 15) is 4.79 Å². The van der Waals surface area contributed by atoms with Gasteiger partial charge in [0, 0.05) is 18.8 Å². The van der Waals surface area contributed by atoms with E-state index in [2.05, 4.69) is 10.3 Å². The molecule has 0 aliphatic carbocycles. The zero-order chi connectivity index (χ0) is 15.9. The second-order valence-electron chi connectivity index (χ2n) is 4.43. The van der Waals surface area contributed by atoms with Crippen molar-refractivity contribution < 1.29 is 19.0 Å². The molecular formula is C16H18N2O4. The Balaban J connectivity index is 2.08. The number of pyridine rings is 1. The lowest BCUT2D eigenvalue weighted by Crippen LogP contribution is -2.23. The van der Waals surface area contributed by atoms with Crippen molar-refractivity contribution in [3.8, 4) is 17.4 Å². The molecule has 0 aliphatic rings. The van der Waals surface area contributed by atoms with Crippen LogP contribution in [-0.2, 0) is 6.54 Å². The molecule has 6 nitrogen and oxygen atoms in total. The van der Waals surface area contributed by atoms with Crippen LogP contribution < -0.4 is 19.5 Å². The zero-order valence-electron chi connectivity index (χ0n) is 12.8. The number of methoxy groups -OCH3 is 3. The quantitative estimate of drug-likeness (QED) is 0.884. The highest BCUT2D eigenvalue weighted by Gasteiger charge is 2.15. The molecule has 0 unspecified atom stereocenters. The minimum absolute atomic E-state index is 0.244. The average molecular weight is 302 g/mol. The Hall–Kier alpha value is -2.76. The number of para-hydroxylation sites is 1. The molecule has 0 bridgehead atoms. The van der Waals surface area contributed by atoms with Crippen LogP contribution in [0.4, 0.5) is 0 Å². The number of carbonyl (C=O) groups excluding carboxylic acids is 1.